The zero-order chi connectivity index (χ0) is 11.8. The highest BCUT2D eigenvalue weighted by molar-refractivity contribution is 4.78. The second-order valence-electron chi connectivity index (χ2n) is 4.21. The van der Waals surface area contributed by atoms with E-state index in [1.807, 2.05) is 0 Å². The van der Waals surface area contributed by atoms with Crippen molar-refractivity contribution in [3.63, 3.8) is 0 Å². The molecule has 0 bridgehead atoms. The molecule has 2 atom stereocenters. The van der Waals surface area contributed by atoms with E-state index in [0.717, 1.165) is 32.5 Å². The third kappa shape index (κ3) is 4.35. The number of aliphatic hydroxyl groups excluding tert-OH is 1. The minimum Gasteiger partial charge on any atom is -0.394 e. The summed E-state index contributed by atoms with van der Waals surface area (Å²) >= 11 is 0. The first-order chi connectivity index (χ1) is 7.81. The molecule has 0 spiro atoms. The standard InChI is InChI=1S/C11H24N2O3/c1-15-9-10(3-2-4-12)13-5-6-16-11(7-13)8-14/h10-11,14H,2-9,12H2,1H3. The van der Waals surface area contributed by atoms with Gasteiger partial charge in [-0.2, -0.15) is 0 Å². The van der Waals surface area contributed by atoms with Gasteiger partial charge in [-0.05, 0) is 19.4 Å². The number of hydrogen-bond donors (Lipinski definition) is 2. The number of nitrogens with zero attached hydrogens (tertiary/aromatic N) is 1. The lowest BCUT2D eigenvalue weighted by atomic mass is 10.1. The summed E-state index contributed by atoms with van der Waals surface area (Å²) in [6, 6.07) is 0.395. The average Bonchev–Trinajstić information content (AvgIpc) is 2.34. The summed E-state index contributed by atoms with van der Waals surface area (Å²) in [6.07, 6.45) is 2.00. The summed E-state index contributed by atoms with van der Waals surface area (Å²) in [5.41, 5.74) is 5.53. The molecule has 0 aromatic carbocycles. The van der Waals surface area contributed by atoms with E-state index in [1.165, 1.54) is 0 Å². The Labute approximate surface area is 97.5 Å². The maximum Gasteiger partial charge on any atom is 0.0933 e. The fourth-order valence-electron chi connectivity index (χ4n) is 2.10. The van der Waals surface area contributed by atoms with Gasteiger partial charge in [-0.15, -0.1) is 0 Å². The van der Waals surface area contributed by atoms with Crippen LogP contribution in [-0.2, 0) is 9.47 Å². The molecule has 0 aliphatic carbocycles. The number of nitrogens with two attached hydrogens (primary N) is 1. The summed E-state index contributed by atoms with van der Waals surface area (Å²) < 4.78 is 10.7. The Morgan fingerprint density at radius 3 is 3.06 bits per heavy atom. The van der Waals surface area contributed by atoms with E-state index in [1.54, 1.807) is 7.11 Å². The van der Waals surface area contributed by atoms with E-state index >= 15 is 0 Å². The highest BCUT2D eigenvalue weighted by Gasteiger charge is 2.25. The fourth-order valence-corrected chi connectivity index (χ4v) is 2.10. The second-order valence-corrected chi connectivity index (χ2v) is 4.21. The van der Waals surface area contributed by atoms with Gasteiger partial charge in [0.15, 0.2) is 0 Å². The van der Waals surface area contributed by atoms with Gasteiger partial charge in [0.1, 0.15) is 0 Å². The Morgan fingerprint density at radius 2 is 2.44 bits per heavy atom. The van der Waals surface area contributed by atoms with Crippen LogP contribution in [0.4, 0.5) is 0 Å². The van der Waals surface area contributed by atoms with Gasteiger partial charge in [0.2, 0.25) is 0 Å². The minimum atomic E-state index is -0.0500. The van der Waals surface area contributed by atoms with Gasteiger partial charge in [-0.3, -0.25) is 4.90 Å². The zero-order valence-corrected chi connectivity index (χ0v) is 10.1. The largest absolute Gasteiger partial charge is 0.394 e. The predicted molar refractivity (Wildman–Crippen MR) is 62.4 cm³/mol. The van der Waals surface area contributed by atoms with Crippen LogP contribution in [-0.4, -0.2) is 68.7 Å². The first-order valence-electron chi connectivity index (χ1n) is 5.97. The summed E-state index contributed by atoms with van der Waals surface area (Å²) in [5, 5.41) is 9.09. The summed E-state index contributed by atoms with van der Waals surface area (Å²) in [5.74, 6) is 0. The molecule has 1 fully saturated rings. The molecule has 0 aromatic rings. The van der Waals surface area contributed by atoms with Crippen molar-refractivity contribution in [3.05, 3.63) is 0 Å². The number of hydrogen-bond acceptors (Lipinski definition) is 5. The van der Waals surface area contributed by atoms with Crippen LogP contribution < -0.4 is 5.73 Å². The molecule has 16 heavy (non-hydrogen) atoms. The highest BCUT2D eigenvalue weighted by atomic mass is 16.5. The molecule has 0 saturated carbocycles. The molecular weight excluding hydrogens is 208 g/mol. The number of aliphatic hydroxyl groups is 1. The summed E-state index contributed by atoms with van der Waals surface area (Å²) in [4.78, 5) is 2.34. The van der Waals surface area contributed by atoms with Crippen LogP contribution in [0.2, 0.25) is 0 Å². The second kappa shape index (κ2) is 7.97. The Hall–Kier alpha value is -0.200. The van der Waals surface area contributed by atoms with Crippen LogP contribution in [0.5, 0.6) is 0 Å². The van der Waals surface area contributed by atoms with Crippen LogP contribution >= 0.6 is 0 Å². The molecule has 1 heterocycles. The maximum atomic E-state index is 9.09. The van der Waals surface area contributed by atoms with Gasteiger partial charge in [0, 0.05) is 26.2 Å². The van der Waals surface area contributed by atoms with Crippen LogP contribution in [0.3, 0.4) is 0 Å². The van der Waals surface area contributed by atoms with Crippen LogP contribution in [0, 0.1) is 0 Å². The molecular formula is C11H24N2O3. The molecule has 96 valence electrons. The summed E-state index contributed by atoms with van der Waals surface area (Å²) in [7, 11) is 1.72. The van der Waals surface area contributed by atoms with Gasteiger partial charge in [-0.1, -0.05) is 0 Å². The van der Waals surface area contributed by atoms with Crippen molar-refractivity contribution in [3.8, 4) is 0 Å². The lowest BCUT2D eigenvalue weighted by Crippen LogP contribution is -2.50. The molecule has 5 heteroatoms. The van der Waals surface area contributed by atoms with E-state index in [-0.39, 0.29) is 12.7 Å². The minimum absolute atomic E-state index is 0.0500. The Morgan fingerprint density at radius 1 is 1.62 bits per heavy atom. The van der Waals surface area contributed by atoms with E-state index < -0.39 is 0 Å². The van der Waals surface area contributed by atoms with E-state index in [9.17, 15) is 0 Å². The van der Waals surface area contributed by atoms with Crippen molar-refractivity contribution in [2.45, 2.75) is 25.0 Å². The van der Waals surface area contributed by atoms with Gasteiger partial charge >= 0.3 is 0 Å². The smallest absolute Gasteiger partial charge is 0.0933 e. The average molecular weight is 232 g/mol. The molecule has 0 radical (unpaired) electrons. The van der Waals surface area contributed by atoms with Gasteiger partial charge < -0.3 is 20.3 Å². The van der Waals surface area contributed by atoms with E-state index in [4.69, 9.17) is 20.3 Å². The van der Waals surface area contributed by atoms with Crippen molar-refractivity contribution >= 4 is 0 Å². The third-order valence-corrected chi connectivity index (χ3v) is 2.99. The molecule has 1 aliphatic heterocycles. The predicted octanol–water partition coefficient (Wildman–Crippen LogP) is -0.567. The van der Waals surface area contributed by atoms with Gasteiger partial charge in [0.05, 0.1) is 25.9 Å². The highest BCUT2D eigenvalue weighted by Crippen LogP contribution is 2.13. The van der Waals surface area contributed by atoms with E-state index in [2.05, 4.69) is 4.90 Å². The molecule has 0 aromatic heterocycles. The Bertz CT molecular complexity index is 179. The Kier molecular flexibility index (Phi) is 6.91. The van der Waals surface area contributed by atoms with Crippen molar-refractivity contribution < 1.29 is 14.6 Å². The number of ether oxygens (including phenoxy) is 2. The molecule has 1 aliphatic rings. The molecule has 1 rings (SSSR count). The van der Waals surface area contributed by atoms with Crippen molar-refractivity contribution in [1.29, 1.82) is 0 Å². The number of rotatable bonds is 7. The lowest BCUT2D eigenvalue weighted by molar-refractivity contribution is -0.0735. The van der Waals surface area contributed by atoms with Crippen molar-refractivity contribution in [2.75, 3.05) is 46.6 Å². The molecule has 5 nitrogen and oxygen atoms in total. The first-order valence-corrected chi connectivity index (χ1v) is 5.97. The normalized spacial score (nSPS) is 24.6. The monoisotopic (exact) mass is 232 g/mol. The van der Waals surface area contributed by atoms with Crippen molar-refractivity contribution in [1.82, 2.24) is 4.90 Å². The molecule has 2 unspecified atom stereocenters. The quantitative estimate of drug-likeness (QED) is 0.615. The summed E-state index contributed by atoms with van der Waals surface area (Å²) in [6.45, 7) is 3.91. The lowest BCUT2D eigenvalue weighted by Gasteiger charge is -2.37. The first kappa shape index (κ1) is 13.9. The number of morpholine rings is 1. The van der Waals surface area contributed by atoms with Crippen LogP contribution in [0.15, 0.2) is 0 Å². The van der Waals surface area contributed by atoms with E-state index in [0.29, 0.717) is 19.2 Å². The SMILES string of the molecule is COCC(CCCN)N1CCOC(CO)C1. The Balaban J connectivity index is 2.41. The maximum absolute atomic E-state index is 9.09. The van der Waals surface area contributed by atoms with Crippen molar-refractivity contribution in [2.24, 2.45) is 5.73 Å². The third-order valence-electron chi connectivity index (χ3n) is 2.99. The van der Waals surface area contributed by atoms with Crippen LogP contribution in [0.25, 0.3) is 0 Å². The van der Waals surface area contributed by atoms with Crippen LogP contribution in [0.1, 0.15) is 12.8 Å². The zero-order valence-electron chi connectivity index (χ0n) is 10.1. The fraction of sp³-hybridized carbons (Fsp3) is 1.00. The van der Waals surface area contributed by atoms with Gasteiger partial charge in [0.25, 0.3) is 0 Å². The number of methoxy groups -OCH3 is 1. The molecule has 0 amide bonds. The molecule has 1 saturated heterocycles. The molecule has 3 N–H and O–H groups in total. The topological polar surface area (TPSA) is 68.0 Å². The van der Waals surface area contributed by atoms with Gasteiger partial charge in [-0.25, -0.2) is 0 Å².